The Morgan fingerprint density at radius 2 is 2.24 bits per heavy atom. The minimum atomic E-state index is -0.458. The molecule has 0 saturated carbocycles. The largest absolute Gasteiger partial charge is 0.371 e. The van der Waals surface area contributed by atoms with Crippen LogP contribution in [0.1, 0.15) is 6.92 Å². The zero-order valence-electron chi connectivity index (χ0n) is 11.7. The standard InChI is InChI=1S/C13H18N4O3.ClH/c1-10-8-14-6-7-16(10)13(18)9-15-11-4-2-3-5-12(11)17(19)20;/h2-5,10,14-15H,6-9H2,1H3;1H/t10-;/m1./s1. The van der Waals surface area contributed by atoms with Crippen molar-refractivity contribution in [1.82, 2.24) is 10.2 Å². The molecule has 1 aliphatic heterocycles. The van der Waals surface area contributed by atoms with E-state index in [1.165, 1.54) is 6.07 Å². The maximum Gasteiger partial charge on any atom is 0.292 e. The highest BCUT2D eigenvalue weighted by Crippen LogP contribution is 2.22. The highest BCUT2D eigenvalue weighted by Gasteiger charge is 2.23. The van der Waals surface area contributed by atoms with Crippen LogP contribution in [0.4, 0.5) is 11.4 Å². The van der Waals surface area contributed by atoms with Crippen LogP contribution < -0.4 is 10.6 Å². The van der Waals surface area contributed by atoms with Crippen molar-refractivity contribution in [3.8, 4) is 0 Å². The van der Waals surface area contributed by atoms with Gasteiger partial charge in [-0.1, -0.05) is 12.1 Å². The van der Waals surface area contributed by atoms with Crippen LogP contribution in [0.2, 0.25) is 0 Å². The molecule has 8 heteroatoms. The van der Waals surface area contributed by atoms with Crippen LogP contribution >= 0.6 is 12.4 Å². The molecule has 0 spiro atoms. The minimum absolute atomic E-state index is 0. The van der Waals surface area contributed by atoms with E-state index in [2.05, 4.69) is 10.6 Å². The average molecular weight is 315 g/mol. The Hall–Kier alpha value is -1.86. The Labute approximate surface area is 129 Å². The maximum atomic E-state index is 12.1. The second-order valence-corrected chi connectivity index (χ2v) is 4.77. The molecule has 0 bridgehead atoms. The van der Waals surface area contributed by atoms with Crippen LogP contribution in [-0.2, 0) is 4.79 Å². The summed E-state index contributed by atoms with van der Waals surface area (Å²) in [5.41, 5.74) is 0.349. The number of hydrogen-bond donors (Lipinski definition) is 2. The van der Waals surface area contributed by atoms with E-state index in [9.17, 15) is 14.9 Å². The number of para-hydroxylation sites is 2. The van der Waals surface area contributed by atoms with Gasteiger partial charge in [-0.3, -0.25) is 14.9 Å². The van der Waals surface area contributed by atoms with Crippen molar-refractivity contribution in [3.05, 3.63) is 34.4 Å². The van der Waals surface area contributed by atoms with Crippen molar-refractivity contribution >= 4 is 29.7 Å². The number of carbonyl (C=O) groups is 1. The Morgan fingerprint density at radius 1 is 1.52 bits per heavy atom. The SMILES string of the molecule is C[C@@H]1CNCCN1C(=O)CNc1ccccc1[N+](=O)[O-].Cl. The van der Waals surface area contributed by atoms with Gasteiger partial charge in [0.15, 0.2) is 0 Å². The predicted octanol–water partition coefficient (Wildman–Crippen LogP) is 1.25. The summed E-state index contributed by atoms with van der Waals surface area (Å²) >= 11 is 0. The van der Waals surface area contributed by atoms with E-state index in [4.69, 9.17) is 0 Å². The van der Waals surface area contributed by atoms with Gasteiger partial charge in [-0.25, -0.2) is 0 Å². The summed E-state index contributed by atoms with van der Waals surface area (Å²) in [5, 5.41) is 17.0. The van der Waals surface area contributed by atoms with Gasteiger partial charge in [-0.2, -0.15) is 0 Å². The number of anilines is 1. The minimum Gasteiger partial charge on any atom is -0.371 e. The Kier molecular flexibility index (Phi) is 6.39. The van der Waals surface area contributed by atoms with E-state index >= 15 is 0 Å². The molecule has 2 rings (SSSR count). The van der Waals surface area contributed by atoms with Gasteiger partial charge in [0, 0.05) is 31.7 Å². The smallest absolute Gasteiger partial charge is 0.292 e. The maximum absolute atomic E-state index is 12.1. The fraction of sp³-hybridized carbons (Fsp3) is 0.462. The molecule has 21 heavy (non-hydrogen) atoms. The number of nitro benzene ring substituents is 1. The van der Waals surface area contributed by atoms with E-state index in [-0.39, 0.29) is 36.6 Å². The highest BCUT2D eigenvalue weighted by atomic mass is 35.5. The number of nitrogens with one attached hydrogen (secondary N) is 2. The molecule has 0 aromatic heterocycles. The first-order valence-corrected chi connectivity index (χ1v) is 6.57. The molecule has 2 N–H and O–H groups in total. The van der Waals surface area contributed by atoms with E-state index in [0.717, 1.165) is 13.1 Å². The summed E-state index contributed by atoms with van der Waals surface area (Å²) in [6, 6.07) is 6.47. The Bertz CT molecular complexity index is 512. The molecular formula is C13H19ClN4O3. The monoisotopic (exact) mass is 314 g/mol. The van der Waals surface area contributed by atoms with Gasteiger partial charge in [0.05, 0.1) is 11.5 Å². The van der Waals surface area contributed by atoms with E-state index in [1.807, 2.05) is 6.92 Å². The average Bonchev–Trinajstić information content (AvgIpc) is 2.45. The van der Waals surface area contributed by atoms with Crippen molar-refractivity contribution in [2.75, 3.05) is 31.5 Å². The number of nitrogens with zero attached hydrogens (tertiary/aromatic N) is 2. The molecule has 0 radical (unpaired) electrons. The normalized spacial score (nSPS) is 17.8. The summed E-state index contributed by atoms with van der Waals surface area (Å²) in [6.45, 7) is 4.27. The molecule has 1 heterocycles. The number of piperazine rings is 1. The fourth-order valence-electron chi connectivity index (χ4n) is 2.27. The van der Waals surface area contributed by atoms with Crippen molar-refractivity contribution in [2.45, 2.75) is 13.0 Å². The Balaban J connectivity index is 0.00000220. The highest BCUT2D eigenvalue weighted by molar-refractivity contribution is 5.85. The summed E-state index contributed by atoms with van der Waals surface area (Å²) in [7, 11) is 0. The molecule has 1 aliphatic rings. The molecule has 1 atom stereocenters. The molecule has 0 aliphatic carbocycles. The van der Waals surface area contributed by atoms with Gasteiger partial charge in [-0.15, -0.1) is 12.4 Å². The van der Waals surface area contributed by atoms with Gasteiger partial charge < -0.3 is 15.5 Å². The van der Waals surface area contributed by atoms with E-state index < -0.39 is 4.92 Å². The van der Waals surface area contributed by atoms with Crippen molar-refractivity contribution < 1.29 is 9.72 Å². The quantitative estimate of drug-likeness (QED) is 0.645. The lowest BCUT2D eigenvalue weighted by molar-refractivity contribution is -0.383. The van der Waals surface area contributed by atoms with Crippen LogP contribution in [0.25, 0.3) is 0 Å². The second-order valence-electron chi connectivity index (χ2n) is 4.77. The predicted molar refractivity (Wildman–Crippen MR) is 82.9 cm³/mol. The number of hydrogen-bond acceptors (Lipinski definition) is 5. The number of halogens is 1. The zero-order chi connectivity index (χ0) is 14.5. The van der Waals surface area contributed by atoms with Gasteiger partial charge in [0.2, 0.25) is 5.91 Å². The van der Waals surface area contributed by atoms with Crippen molar-refractivity contribution in [2.24, 2.45) is 0 Å². The first-order valence-electron chi connectivity index (χ1n) is 6.57. The van der Waals surface area contributed by atoms with Crippen LogP contribution in [-0.4, -0.2) is 48.0 Å². The molecule has 0 unspecified atom stereocenters. The third-order valence-electron chi connectivity index (χ3n) is 3.35. The van der Waals surface area contributed by atoms with Crippen LogP contribution in [0.5, 0.6) is 0 Å². The molecule has 1 saturated heterocycles. The molecule has 1 amide bonds. The zero-order valence-corrected chi connectivity index (χ0v) is 12.6. The molecule has 1 fully saturated rings. The third kappa shape index (κ3) is 4.30. The molecule has 1 aromatic rings. The molecule has 7 nitrogen and oxygen atoms in total. The molecular weight excluding hydrogens is 296 g/mol. The molecule has 1 aromatic carbocycles. The summed E-state index contributed by atoms with van der Waals surface area (Å²) in [5.74, 6) is -0.0443. The van der Waals surface area contributed by atoms with Gasteiger partial charge in [-0.05, 0) is 13.0 Å². The third-order valence-corrected chi connectivity index (χ3v) is 3.35. The first-order chi connectivity index (χ1) is 9.59. The number of rotatable bonds is 4. The number of carbonyl (C=O) groups excluding carboxylic acids is 1. The van der Waals surface area contributed by atoms with Crippen LogP contribution in [0.15, 0.2) is 24.3 Å². The van der Waals surface area contributed by atoms with E-state index in [0.29, 0.717) is 12.2 Å². The molecule has 116 valence electrons. The van der Waals surface area contributed by atoms with Gasteiger partial charge >= 0.3 is 0 Å². The second kappa shape index (κ2) is 7.80. The number of benzene rings is 1. The first kappa shape index (κ1) is 17.2. The van der Waals surface area contributed by atoms with Crippen LogP contribution in [0, 0.1) is 10.1 Å². The summed E-state index contributed by atoms with van der Waals surface area (Å²) in [4.78, 5) is 24.3. The fourth-order valence-corrected chi connectivity index (χ4v) is 2.27. The lowest BCUT2D eigenvalue weighted by atomic mass is 10.2. The van der Waals surface area contributed by atoms with Gasteiger partial charge in [0.25, 0.3) is 5.69 Å². The topological polar surface area (TPSA) is 87.5 Å². The lowest BCUT2D eigenvalue weighted by Crippen LogP contribution is -2.53. The lowest BCUT2D eigenvalue weighted by Gasteiger charge is -2.34. The number of amides is 1. The number of nitro groups is 1. The van der Waals surface area contributed by atoms with E-state index in [1.54, 1.807) is 23.1 Å². The van der Waals surface area contributed by atoms with Gasteiger partial charge in [0.1, 0.15) is 5.69 Å². The van der Waals surface area contributed by atoms with Crippen molar-refractivity contribution in [1.29, 1.82) is 0 Å². The Morgan fingerprint density at radius 3 is 2.90 bits per heavy atom. The van der Waals surface area contributed by atoms with Crippen molar-refractivity contribution in [3.63, 3.8) is 0 Å². The summed E-state index contributed by atoms with van der Waals surface area (Å²) < 4.78 is 0. The van der Waals surface area contributed by atoms with Crippen LogP contribution in [0.3, 0.4) is 0 Å². The summed E-state index contributed by atoms with van der Waals surface area (Å²) in [6.07, 6.45) is 0.